The molecule has 2 fully saturated rings. The molecule has 2 aliphatic rings. The maximum absolute atomic E-state index is 12.2. The molecule has 2 saturated heterocycles. The summed E-state index contributed by atoms with van der Waals surface area (Å²) in [6.45, 7) is 6.88. The Labute approximate surface area is 122 Å². The number of ether oxygens (including phenoxy) is 1. The summed E-state index contributed by atoms with van der Waals surface area (Å²) in [5.74, 6) is 0.296. The first-order valence-corrected chi connectivity index (χ1v) is 7.31. The van der Waals surface area contributed by atoms with Gasteiger partial charge in [0.1, 0.15) is 0 Å². The quantitative estimate of drug-likeness (QED) is 0.864. The summed E-state index contributed by atoms with van der Waals surface area (Å²) < 4.78 is 5.68. The van der Waals surface area contributed by atoms with E-state index in [4.69, 9.17) is 4.74 Å². The van der Waals surface area contributed by atoms with Gasteiger partial charge in [-0.1, -0.05) is 0 Å². The monoisotopic (exact) mass is 290 g/mol. The lowest BCUT2D eigenvalue weighted by Gasteiger charge is -2.38. The predicted octanol–water partition coefficient (Wildman–Crippen LogP) is 1.97. The number of hydrogen-bond donors (Lipinski definition) is 1. The molecule has 2 rings (SSSR count). The van der Waals surface area contributed by atoms with Crippen LogP contribution in [0.25, 0.3) is 0 Å². The van der Waals surface area contributed by atoms with Crippen molar-refractivity contribution in [3.05, 3.63) is 0 Å². The Balaban J connectivity index is 0.00000180. The molecule has 2 heterocycles. The molecule has 0 aliphatic carbocycles. The Kier molecular flexibility index (Phi) is 7.11. The SMILES string of the molecule is CC1CN(C(=O)CCC2CCCCO2)C(C)CN1.Cl. The lowest BCUT2D eigenvalue weighted by Crippen LogP contribution is -2.56. The van der Waals surface area contributed by atoms with Crippen LogP contribution in [0.3, 0.4) is 0 Å². The summed E-state index contributed by atoms with van der Waals surface area (Å²) in [5, 5.41) is 3.40. The average molecular weight is 291 g/mol. The summed E-state index contributed by atoms with van der Waals surface area (Å²) in [6, 6.07) is 0.733. The number of carbonyl (C=O) groups excluding carboxylic acids is 1. The van der Waals surface area contributed by atoms with Gasteiger partial charge in [-0.25, -0.2) is 0 Å². The second-order valence-electron chi connectivity index (χ2n) is 5.73. The van der Waals surface area contributed by atoms with Gasteiger partial charge in [0.15, 0.2) is 0 Å². The van der Waals surface area contributed by atoms with Gasteiger partial charge in [-0.2, -0.15) is 0 Å². The zero-order chi connectivity index (χ0) is 13.0. The Bertz CT molecular complexity index is 283. The summed E-state index contributed by atoms with van der Waals surface area (Å²) in [4.78, 5) is 14.3. The van der Waals surface area contributed by atoms with E-state index in [-0.39, 0.29) is 12.4 Å². The molecule has 2 aliphatic heterocycles. The second-order valence-corrected chi connectivity index (χ2v) is 5.73. The molecule has 0 saturated carbocycles. The first-order chi connectivity index (χ1) is 8.66. The minimum Gasteiger partial charge on any atom is -0.378 e. The van der Waals surface area contributed by atoms with E-state index in [2.05, 4.69) is 19.2 Å². The average Bonchev–Trinajstić information content (AvgIpc) is 2.40. The zero-order valence-corrected chi connectivity index (χ0v) is 12.9. The predicted molar refractivity (Wildman–Crippen MR) is 78.7 cm³/mol. The van der Waals surface area contributed by atoms with Gasteiger partial charge in [0.2, 0.25) is 5.91 Å². The van der Waals surface area contributed by atoms with Gasteiger partial charge in [-0.05, 0) is 39.5 Å². The van der Waals surface area contributed by atoms with Gasteiger partial charge in [0.05, 0.1) is 6.10 Å². The standard InChI is InChI=1S/C14H26N2O2.ClH/c1-11-10-16(12(2)9-15-11)14(17)7-6-13-5-3-4-8-18-13;/h11-13,15H,3-10H2,1-2H3;1H. The number of carbonyl (C=O) groups is 1. The molecule has 19 heavy (non-hydrogen) atoms. The van der Waals surface area contributed by atoms with Crippen molar-refractivity contribution in [2.75, 3.05) is 19.7 Å². The van der Waals surface area contributed by atoms with Crippen LogP contribution in [0.4, 0.5) is 0 Å². The van der Waals surface area contributed by atoms with Gasteiger partial charge >= 0.3 is 0 Å². The molecular weight excluding hydrogens is 264 g/mol. The summed E-state index contributed by atoms with van der Waals surface area (Å²) in [6.07, 6.45) is 5.40. The third-order valence-electron chi connectivity index (χ3n) is 4.04. The van der Waals surface area contributed by atoms with Crippen LogP contribution in [0.1, 0.15) is 46.0 Å². The van der Waals surface area contributed by atoms with E-state index in [1.807, 2.05) is 4.90 Å². The zero-order valence-electron chi connectivity index (χ0n) is 12.1. The normalized spacial score (nSPS) is 31.7. The molecule has 1 amide bonds. The molecule has 3 unspecified atom stereocenters. The minimum absolute atomic E-state index is 0. The van der Waals surface area contributed by atoms with Crippen LogP contribution in [0.15, 0.2) is 0 Å². The first-order valence-electron chi connectivity index (χ1n) is 7.31. The molecule has 0 aromatic heterocycles. The van der Waals surface area contributed by atoms with E-state index in [9.17, 15) is 4.79 Å². The van der Waals surface area contributed by atoms with Gasteiger partial charge < -0.3 is 15.0 Å². The van der Waals surface area contributed by atoms with Gasteiger partial charge in [0.25, 0.3) is 0 Å². The topological polar surface area (TPSA) is 41.6 Å². The highest BCUT2D eigenvalue weighted by atomic mass is 35.5. The van der Waals surface area contributed by atoms with Crippen LogP contribution in [0.2, 0.25) is 0 Å². The molecule has 4 nitrogen and oxygen atoms in total. The third-order valence-corrected chi connectivity index (χ3v) is 4.04. The third kappa shape index (κ3) is 4.93. The van der Waals surface area contributed by atoms with Crippen molar-refractivity contribution < 1.29 is 9.53 Å². The smallest absolute Gasteiger partial charge is 0.223 e. The molecular formula is C14H27ClN2O2. The van der Waals surface area contributed by atoms with E-state index in [1.165, 1.54) is 12.8 Å². The lowest BCUT2D eigenvalue weighted by atomic mass is 10.0. The number of halogens is 1. The van der Waals surface area contributed by atoms with Gasteiger partial charge in [0, 0.05) is 38.2 Å². The molecule has 112 valence electrons. The molecule has 0 radical (unpaired) electrons. The van der Waals surface area contributed by atoms with Crippen molar-refractivity contribution >= 4 is 18.3 Å². The van der Waals surface area contributed by atoms with Gasteiger partial charge in [-0.15, -0.1) is 12.4 Å². The number of amides is 1. The number of piperazine rings is 1. The minimum atomic E-state index is 0. The fraction of sp³-hybridized carbons (Fsp3) is 0.929. The highest BCUT2D eigenvalue weighted by Crippen LogP contribution is 2.18. The van der Waals surface area contributed by atoms with Crippen molar-refractivity contribution in [2.45, 2.75) is 64.1 Å². The van der Waals surface area contributed by atoms with Gasteiger partial charge in [-0.3, -0.25) is 4.79 Å². The Hall–Kier alpha value is -0.320. The van der Waals surface area contributed by atoms with E-state index in [0.29, 0.717) is 30.5 Å². The van der Waals surface area contributed by atoms with E-state index in [0.717, 1.165) is 32.5 Å². The highest BCUT2D eigenvalue weighted by molar-refractivity contribution is 5.85. The fourth-order valence-electron chi connectivity index (χ4n) is 2.83. The van der Waals surface area contributed by atoms with Crippen LogP contribution in [0, 0.1) is 0 Å². The van der Waals surface area contributed by atoms with Crippen LogP contribution in [0.5, 0.6) is 0 Å². The van der Waals surface area contributed by atoms with E-state index < -0.39 is 0 Å². The number of rotatable bonds is 3. The number of nitrogens with zero attached hydrogens (tertiary/aromatic N) is 1. The van der Waals surface area contributed by atoms with Crippen molar-refractivity contribution in [2.24, 2.45) is 0 Å². The van der Waals surface area contributed by atoms with Crippen LogP contribution < -0.4 is 5.32 Å². The number of nitrogens with one attached hydrogen (secondary N) is 1. The molecule has 3 atom stereocenters. The molecule has 5 heteroatoms. The molecule has 0 spiro atoms. The summed E-state index contributed by atoms with van der Waals surface area (Å²) in [7, 11) is 0. The van der Waals surface area contributed by atoms with Crippen LogP contribution in [-0.2, 0) is 9.53 Å². The molecule has 0 aromatic rings. The van der Waals surface area contributed by atoms with E-state index >= 15 is 0 Å². The Morgan fingerprint density at radius 3 is 2.84 bits per heavy atom. The maximum Gasteiger partial charge on any atom is 0.223 e. The molecule has 0 aromatic carbocycles. The Morgan fingerprint density at radius 1 is 1.37 bits per heavy atom. The number of hydrogen-bond acceptors (Lipinski definition) is 3. The second kappa shape index (κ2) is 8.08. The fourth-order valence-corrected chi connectivity index (χ4v) is 2.83. The van der Waals surface area contributed by atoms with Crippen molar-refractivity contribution in [3.8, 4) is 0 Å². The molecule has 0 bridgehead atoms. The van der Waals surface area contributed by atoms with Crippen molar-refractivity contribution in [1.29, 1.82) is 0 Å². The highest BCUT2D eigenvalue weighted by Gasteiger charge is 2.26. The first kappa shape index (κ1) is 16.7. The largest absolute Gasteiger partial charge is 0.378 e. The van der Waals surface area contributed by atoms with E-state index in [1.54, 1.807) is 0 Å². The summed E-state index contributed by atoms with van der Waals surface area (Å²) in [5.41, 5.74) is 0. The van der Waals surface area contributed by atoms with Crippen LogP contribution >= 0.6 is 12.4 Å². The maximum atomic E-state index is 12.2. The summed E-state index contributed by atoms with van der Waals surface area (Å²) >= 11 is 0. The molecule has 1 N–H and O–H groups in total. The van der Waals surface area contributed by atoms with Crippen molar-refractivity contribution in [3.63, 3.8) is 0 Å². The lowest BCUT2D eigenvalue weighted by molar-refractivity contribution is -0.135. The Morgan fingerprint density at radius 2 is 2.16 bits per heavy atom. The van der Waals surface area contributed by atoms with Crippen molar-refractivity contribution in [1.82, 2.24) is 10.2 Å². The van der Waals surface area contributed by atoms with Crippen LogP contribution in [-0.4, -0.2) is 48.7 Å².